The Morgan fingerprint density at radius 2 is 1.74 bits per heavy atom. The number of fused-ring (bicyclic) bond motifs is 4. The smallest absolute Gasteiger partial charge is 0.416 e. The van der Waals surface area contributed by atoms with Crippen LogP contribution in [-0.4, -0.2) is 11.4 Å². The second kappa shape index (κ2) is 5.79. The van der Waals surface area contributed by atoms with Crippen LogP contribution in [0.5, 0.6) is 11.5 Å². The van der Waals surface area contributed by atoms with Crippen LogP contribution in [0, 0.1) is 0 Å². The summed E-state index contributed by atoms with van der Waals surface area (Å²) in [7, 11) is 0. The molecule has 3 aromatic rings. The molecule has 0 saturated heterocycles. The second-order valence-corrected chi connectivity index (χ2v) is 6.57. The Hall–Kier alpha value is -2.93. The normalized spacial score (nSPS) is 18.0. The molecule has 2 aliphatic heterocycles. The molecule has 3 heterocycles. The minimum atomic E-state index is -4.34. The van der Waals surface area contributed by atoms with Gasteiger partial charge in [-0.3, -0.25) is 0 Å². The first-order valence-corrected chi connectivity index (χ1v) is 8.51. The third-order valence-corrected chi connectivity index (χ3v) is 4.98. The Morgan fingerprint density at radius 1 is 1.00 bits per heavy atom. The first kappa shape index (κ1) is 16.3. The van der Waals surface area contributed by atoms with Gasteiger partial charge in [-0.05, 0) is 41.5 Å². The molecule has 0 spiro atoms. The van der Waals surface area contributed by atoms with Gasteiger partial charge in [0.15, 0.2) is 11.5 Å². The van der Waals surface area contributed by atoms with Gasteiger partial charge in [0.1, 0.15) is 0 Å². The number of nitrogens with one attached hydrogen (secondary N) is 1. The average Bonchev–Trinajstić information content (AvgIpc) is 3.27. The molecule has 27 heavy (non-hydrogen) atoms. The lowest BCUT2D eigenvalue weighted by molar-refractivity contribution is -0.137. The van der Waals surface area contributed by atoms with Gasteiger partial charge in [0, 0.05) is 24.5 Å². The van der Waals surface area contributed by atoms with Crippen LogP contribution in [0.3, 0.4) is 0 Å². The zero-order valence-electron chi connectivity index (χ0n) is 14.1. The highest BCUT2D eigenvalue weighted by atomic mass is 19.4. The topological polar surface area (TPSA) is 35.4 Å². The number of hydrogen-bond donors (Lipinski definition) is 1. The SMILES string of the molecule is FC(F)(F)c1ccc(C2NCc3cc4c(cc3-n3cccc32)OCO4)cc1. The summed E-state index contributed by atoms with van der Waals surface area (Å²) >= 11 is 0. The van der Waals surface area contributed by atoms with E-state index >= 15 is 0 Å². The van der Waals surface area contributed by atoms with Crippen molar-refractivity contribution in [1.29, 1.82) is 0 Å². The minimum absolute atomic E-state index is 0.207. The molecule has 0 radical (unpaired) electrons. The predicted molar refractivity (Wildman–Crippen MR) is 92.0 cm³/mol. The molecule has 1 atom stereocenters. The van der Waals surface area contributed by atoms with Gasteiger partial charge in [0.2, 0.25) is 6.79 Å². The Kier molecular flexibility index (Phi) is 3.48. The van der Waals surface area contributed by atoms with Crippen LogP contribution in [0.1, 0.15) is 28.4 Å². The van der Waals surface area contributed by atoms with E-state index in [0.717, 1.165) is 34.6 Å². The molecule has 2 aromatic carbocycles. The molecule has 0 amide bonds. The van der Waals surface area contributed by atoms with Crippen LogP contribution in [0.25, 0.3) is 5.69 Å². The quantitative estimate of drug-likeness (QED) is 0.687. The monoisotopic (exact) mass is 372 g/mol. The van der Waals surface area contributed by atoms with Gasteiger partial charge in [0.25, 0.3) is 0 Å². The molecule has 0 bridgehead atoms. The summed E-state index contributed by atoms with van der Waals surface area (Å²) in [5, 5.41) is 3.45. The number of halogens is 3. The fourth-order valence-electron chi connectivity index (χ4n) is 3.66. The first-order chi connectivity index (χ1) is 13.0. The zero-order valence-corrected chi connectivity index (χ0v) is 14.1. The number of nitrogens with zero attached hydrogens (tertiary/aromatic N) is 1. The molecular formula is C20H15F3N2O2. The summed E-state index contributed by atoms with van der Waals surface area (Å²) in [6.45, 7) is 0.762. The van der Waals surface area contributed by atoms with E-state index in [0.29, 0.717) is 18.0 Å². The highest BCUT2D eigenvalue weighted by molar-refractivity contribution is 5.57. The second-order valence-electron chi connectivity index (χ2n) is 6.57. The highest BCUT2D eigenvalue weighted by Crippen LogP contribution is 2.39. The first-order valence-electron chi connectivity index (χ1n) is 8.51. The standard InChI is InChI=1S/C20H15F3N2O2/c21-20(22,23)14-5-3-12(4-6-14)19-15-2-1-7-25(15)16-9-18-17(26-11-27-18)8-13(16)10-24-19/h1-9,19,24H,10-11H2. The van der Waals surface area contributed by atoms with Crippen molar-refractivity contribution in [2.24, 2.45) is 0 Å². The molecular weight excluding hydrogens is 357 g/mol. The molecule has 1 unspecified atom stereocenters. The van der Waals surface area contributed by atoms with Gasteiger partial charge in [-0.25, -0.2) is 0 Å². The third kappa shape index (κ3) is 2.66. The maximum absolute atomic E-state index is 12.9. The van der Waals surface area contributed by atoms with E-state index in [1.54, 1.807) is 0 Å². The van der Waals surface area contributed by atoms with Crippen molar-refractivity contribution in [2.45, 2.75) is 18.8 Å². The van der Waals surface area contributed by atoms with Crippen molar-refractivity contribution >= 4 is 0 Å². The fraction of sp³-hybridized carbons (Fsp3) is 0.200. The number of ether oxygens (including phenoxy) is 2. The van der Waals surface area contributed by atoms with Crippen molar-refractivity contribution in [3.05, 3.63) is 77.1 Å². The van der Waals surface area contributed by atoms with Crippen molar-refractivity contribution in [1.82, 2.24) is 9.88 Å². The summed E-state index contributed by atoms with van der Waals surface area (Å²) in [4.78, 5) is 0. The Bertz CT molecular complexity index is 1010. The predicted octanol–water partition coefficient (Wildman–Crippen LogP) is 4.42. The van der Waals surface area contributed by atoms with Gasteiger partial charge < -0.3 is 19.4 Å². The van der Waals surface area contributed by atoms with Gasteiger partial charge in [-0.2, -0.15) is 13.2 Å². The van der Waals surface area contributed by atoms with E-state index in [-0.39, 0.29) is 12.8 Å². The minimum Gasteiger partial charge on any atom is -0.454 e. The van der Waals surface area contributed by atoms with Crippen molar-refractivity contribution in [3.63, 3.8) is 0 Å². The van der Waals surface area contributed by atoms with Gasteiger partial charge in [-0.15, -0.1) is 0 Å². The molecule has 0 saturated carbocycles. The van der Waals surface area contributed by atoms with Crippen LogP contribution in [-0.2, 0) is 12.7 Å². The van der Waals surface area contributed by atoms with Crippen LogP contribution >= 0.6 is 0 Å². The summed E-state index contributed by atoms with van der Waals surface area (Å²) < 4.78 is 51.6. The lowest BCUT2D eigenvalue weighted by atomic mass is 10.0. The molecule has 0 aliphatic carbocycles. The maximum atomic E-state index is 12.9. The van der Waals surface area contributed by atoms with Crippen LogP contribution < -0.4 is 14.8 Å². The third-order valence-electron chi connectivity index (χ3n) is 4.98. The highest BCUT2D eigenvalue weighted by Gasteiger charge is 2.31. The lowest BCUT2D eigenvalue weighted by Gasteiger charge is -2.18. The summed E-state index contributed by atoms with van der Waals surface area (Å²) in [6.07, 6.45) is -2.40. The van der Waals surface area contributed by atoms with Crippen LogP contribution in [0.4, 0.5) is 13.2 Å². The van der Waals surface area contributed by atoms with Crippen molar-refractivity contribution < 1.29 is 22.6 Å². The lowest BCUT2D eigenvalue weighted by Crippen LogP contribution is -2.21. The number of benzene rings is 2. The molecule has 7 heteroatoms. The zero-order chi connectivity index (χ0) is 18.6. The summed E-state index contributed by atoms with van der Waals surface area (Å²) in [6, 6.07) is 12.9. The van der Waals surface area contributed by atoms with Crippen LogP contribution in [0.2, 0.25) is 0 Å². The average molecular weight is 372 g/mol. The Balaban J connectivity index is 1.57. The van der Waals surface area contributed by atoms with E-state index < -0.39 is 11.7 Å². The van der Waals surface area contributed by atoms with Gasteiger partial charge >= 0.3 is 6.18 Å². The largest absolute Gasteiger partial charge is 0.454 e. The van der Waals surface area contributed by atoms with Crippen molar-refractivity contribution in [3.8, 4) is 17.2 Å². The van der Waals surface area contributed by atoms with E-state index in [1.807, 2.05) is 35.0 Å². The molecule has 5 rings (SSSR count). The Morgan fingerprint density at radius 3 is 2.48 bits per heavy atom. The van der Waals surface area contributed by atoms with Gasteiger partial charge in [0.05, 0.1) is 17.3 Å². The summed E-state index contributed by atoms with van der Waals surface area (Å²) in [5.74, 6) is 1.40. The maximum Gasteiger partial charge on any atom is 0.416 e. The van der Waals surface area contributed by atoms with Gasteiger partial charge in [-0.1, -0.05) is 12.1 Å². The Labute approximate surface area is 153 Å². The number of aromatic nitrogens is 1. The number of hydrogen-bond acceptors (Lipinski definition) is 3. The summed E-state index contributed by atoms with van der Waals surface area (Å²) in [5.41, 5.74) is 3.08. The molecule has 1 aromatic heterocycles. The molecule has 0 fully saturated rings. The molecule has 138 valence electrons. The van der Waals surface area contributed by atoms with Crippen molar-refractivity contribution in [2.75, 3.05) is 6.79 Å². The van der Waals surface area contributed by atoms with E-state index in [1.165, 1.54) is 12.1 Å². The van der Waals surface area contributed by atoms with E-state index in [2.05, 4.69) is 5.32 Å². The molecule has 2 aliphatic rings. The number of rotatable bonds is 1. The molecule has 1 N–H and O–H groups in total. The molecule has 4 nitrogen and oxygen atoms in total. The van der Waals surface area contributed by atoms with E-state index in [4.69, 9.17) is 9.47 Å². The number of alkyl halides is 3. The van der Waals surface area contributed by atoms with Crippen LogP contribution in [0.15, 0.2) is 54.7 Å². The van der Waals surface area contributed by atoms with E-state index in [9.17, 15) is 13.2 Å². The fourth-order valence-corrected chi connectivity index (χ4v) is 3.66.